The average molecular weight is 508 g/mol. The van der Waals surface area contributed by atoms with Crippen molar-refractivity contribution in [2.75, 3.05) is 11.9 Å². The van der Waals surface area contributed by atoms with Gasteiger partial charge in [-0.25, -0.2) is 4.39 Å². The summed E-state index contributed by atoms with van der Waals surface area (Å²) in [7, 11) is 0. The molecule has 0 bridgehead atoms. The fraction of sp³-hybridized carbons (Fsp3) is 0.100. The molecule has 8 heteroatoms. The van der Waals surface area contributed by atoms with Gasteiger partial charge < -0.3 is 14.6 Å². The lowest BCUT2D eigenvalue weighted by molar-refractivity contribution is -0.117. The summed E-state index contributed by atoms with van der Waals surface area (Å²) in [5.41, 5.74) is 1.99. The number of rotatable bonds is 2. The van der Waals surface area contributed by atoms with Crippen LogP contribution in [-0.2, 0) is 4.79 Å². The van der Waals surface area contributed by atoms with E-state index in [4.69, 9.17) is 4.42 Å². The Bertz CT molecular complexity index is 1070. The topological polar surface area (TPSA) is 62.6 Å². The highest BCUT2D eigenvalue weighted by atomic mass is 79.9. The normalized spacial score (nSPS) is 16.3. The van der Waals surface area contributed by atoms with E-state index in [1.807, 2.05) is 12.1 Å². The first-order valence-electron chi connectivity index (χ1n) is 8.33. The van der Waals surface area contributed by atoms with Crippen LogP contribution in [0.25, 0.3) is 0 Å². The molecule has 142 valence electrons. The Balaban J connectivity index is 1.89. The molecule has 1 N–H and O–H groups in total. The zero-order valence-electron chi connectivity index (χ0n) is 14.3. The van der Waals surface area contributed by atoms with Gasteiger partial charge in [0.05, 0.1) is 6.04 Å². The number of fused-ring (bicyclic) bond motifs is 1. The Morgan fingerprint density at radius 2 is 1.86 bits per heavy atom. The quantitative estimate of drug-likeness (QED) is 0.523. The zero-order valence-corrected chi connectivity index (χ0v) is 17.5. The van der Waals surface area contributed by atoms with E-state index in [0.29, 0.717) is 21.5 Å². The maximum absolute atomic E-state index is 13.5. The van der Waals surface area contributed by atoms with Crippen molar-refractivity contribution < 1.29 is 18.4 Å². The molecule has 0 radical (unpaired) electrons. The number of hydrogen-bond acceptors (Lipinski definition) is 3. The van der Waals surface area contributed by atoms with Crippen molar-refractivity contribution in [3.05, 3.63) is 86.4 Å². The van der Waals surface area contributed by atoms with Crippen molar-refractivity contribution in [2.45, 2.75) is 6.04 Å². The van der Waals surface area contributed by atoms with E-state index in [1.165, 1.54) is 17.0 Å². The lowest BCUT2D eigenvalue weighted by Crippen LogP contribution is -2.38. The van der Waals surface area contributed by atoms with Crippen molar-refractivity contribution in [1.82, 2.24) is 4.90 Å². The molecule has 0 saturated heterocycles. The zero-order chi connectivity index (χ0) is 19.8. The molecular weight excluding hydrogens is 495 g/mol. The number of furan rings is 1. The summed E-state index contributed by atoms with van der Waals surface area (Å²) in [6.07, 6.45) is 0. The number of carbonyl (C=O) groups excluding carboxylic acids is 2. The SMILES string of the molecule is O=C1CN(C(=O)c2ccc(Br)o2)[C@H](c2ccc(F)cc2)c2cc(Br)ccc2N1. The van der Waals surface area contributed by atoms with E-state index in [0.717, 1.165) is 4.47 Å². The number of benzene rings is 2. The summed E-state index contributed by atoms with van der Waals surface area (Å²) in [6.45, 7) is -0.175. The predicted octanol–water partition coefficient (Wildman–Crippen LogP) is 5.13. The molecule has 1 atom stereocenters. The molecule has 5 nitrogen and oxygen atoms in total. The molecular formula is C20H13Br2FN2O3. The molecule has 0 saturated carbocycles. The van der Waals surface area contributed by atoms with E-state index in [-0.39, 0.29) is 24.0 Å². The fourth-order valence-corrected chi connectivity index (χ4v) is 3.93. The van der Waals surface area contributed by atoms with Crippen molar-refractivity contribution in [3.8, 4) is 0 Å². The highest BCUT2D eigenvalue weighted by molar-refractivity contribution is 9.10. The van der Waals surface area contributed by atoms with Gasteiger partial charge in [-0.1, -0.05) is 28.1 Å². The Kier molecular flexibility index (Phi) is 5.07. The molecule has 2 heterocycles. The molecule has 2 amide bonds. The number of anilines is 1. The van der Waals surface area contributed by atoms with Gasteiger partial charge in [-0.3, -0.25) is 9.59 Å². The molecule has 28 heavy (non-hydrogen) atoms. The minimum atomic E-state index is -0.608. The summed E-state index contributed by atoms with van der Waals surface area (Å²) in [6, 6.07) is 13.8. The van der Waals surface area contributed by atoms with Gasteiger partial charge in [0.1, 0.15) is 12.4 Å². The van der Waals surface area contributed by atoms with Crippen molar-refractivity contribution in [3.63, 3.8) is 0 Å². The van der Waals surface area contributed by atoms with E-state index in [9.17, 15) is 14.0 Å². The molecule has 1 aliphatic heterocycles. The fourth-order valence-electron chi connectivity index (χ4n) is 3.24. The molecule has 1 aromatic heterocycles. The van der Waals surface area contributed by atoms with Gasteiger partial charge in [0.2, 0.25) is 5.91 Å². The maximum Gasteiger partial charge on any atom is 0.290 e. The number of halogens is 3. The highest BCUT2D eigenvalue weighted by Gasteiger charge is 2.35. The van der Waals surface area contributed by atoms with Crippen molar-refractivity contribution in [1.29, 1.82) is 0 Å². The molecule has 0 unspecified atom stereocenters. The van der Waals surface area contributed by atoms with Gasteiger partial charge in [0, 0.05) is 15.7 Å². The molecule has 0 spiro atoms. The largest absolute Gasteiger partial charge is 0.444 e. The lowest BCUT2D eigenvalue weighted by atomic mass is 9.95. The summed E-state index contributed by atoms with van der Waals surface area (Å²) in [5.74, 6) is -1.05. The molecule has 3 aromatic rings. The highest BCUT2D eigenvalue weighted by Crippen LogP contribution is 2.38. The minimum Gasteiger partial charge on any atom is -0.444 e. The van der Waals surface area contributed by atoms with Crippen LogP contribution in [0.1, 0.15) is 27.7 Å². The number of amides is 2. The first-order chi connectivity index (χ1) is 13.4. The monoisotopic (exact) mass is 506 g/mol. The van der Waals surface area contributed by atoms with Crippen LogP contribution in [0.2, 0.25) is 0 Å². The van der Waals surface area contributed by atoms with Crippen molar-refractivity contribution >= 4 is 49.4 Å². The number of hydrogen-bond donors (Lipinski definition) is 1. The van der Waals surface area contributed by atoms with Crippen LogP contribution in [0.4, 0.5) is 10.1 Å². The Hall–Kier alpha value is -2.45. The number of nitrogens with zero attached hydrogens (tertiary/aromatic N) is 1. The van der Waals surface area contributed by atoms with E-state index in [1.54, 1.807) is 30.3 Å². The van der Waals surface area contributed by atoms with Crippen LogP contribution in [-0.4, -0.2) is 23.3 Å². The van der Waals surface area contributed by atoms with Crippen LogP contribution in [0.15, 0.2) is 68.2 Å². The van der Waals surface area contributed by atoms with Gasteiger partial charge in [-0.05, 0) is 64.0 Å². The van der Waals surface area contributed by atoms with E-state index in [2.05, 4.69) is 37.2 Å². The van der Waals surface area contributed by atoms with Crippen LogP contribution in [0.3, 0.4) is 0 Å². The predicted molar refractivity (Wildman–Crippen MR) is 108 cm³/mol. The summed E-state index contributed by atoms with van der Waals surface area (Å²) in [5, 5.41) is 2.83. The third-order valence-corrected chi connectivity index (χ3v) is 5.36. The Morgan fingerprint density at radius 3 is 2.54 bits per heavy atom. The summed E-state index contributed by atoms with van der Waals surface area (Å²) < 4.78 is 20.1. The Morgan fingerprint density at radius 1 is 1.11 bits per heavy atom. The number of nitrogens with one attached hydrogen (secondary N) is 1. The second kappa shape index (κ2) is 7.52. The van der Waals surface area contributed by atoms with Gasteiger partial charge in [0.15, 0.2) is 10.4 Å². The molecule has 0 aliphatic carbocycles. The van der Waals surface area contributed by atoms with E-state index >= 15 is 0 Å². The maximum atomic E-state index is 13.5. The van der Waals surface area contributed by atoms with Gasteiger partial charge in [-0.2, -0.15) is 0 Å². The van der Waals surface area contributed by atoms with E-state index < -0.39 is 11.9 Å². The first kappa shape index (κ1) is 18.9. The second-order valence-corrected chi connectivity index (χ2v) is 7.97. The lowest BCUT2D eigenvalue weighted by Gasteiger charge is -2.30. The van der Waals surface area contributed by atoms with Crippen LogP contribution in [0, 0.1) is 5.82 Å². The first-order valence-corrected chi connectivity index (χ1v) is 9.92. The van der Waals surface area contributed by atoms with Gasteiger partial charge in [0.25, 0.3) is 5.91 Å². The number of carbonyl (C=O) groups is 2. The average Bonchev–Trinajstić information content (AvgIpc) is 3.04. The van der Waals surface area contributed by atoms with Crippen LogP contribution in [0.5, 0.6) is 0 Å². The molecule has 1 aliphatic rings. The second-order valence-electron chi connectivity index (χ2n) is 6.27. The Labute approximate surface area is 176 Å². The third-order valence-electron chi connectivity index (χ3n) is 4.44. The molecule has 4 rings (SSSR count). The van der Waals surface area contributed by atoms with Crippen molar-refractivity contribution in [2.24, 2.45) is 0 Å². The van der Waals surface area contributed by atoms with Gasteiger partial charge in [-0.15, -0.1) is 0 Å². The van der Waals surface area contributed by atoms with Crippen LogP contribution < -0.4 is 5.32 Å². The van der Waals surface area contributed by atoms with Crippen LogP contribution >= 0.6 is 31.9 Å². The molecule has 2 aromatic carbocycles. The minimum absolute atomic E-state index is 0.102. The third kappa shape index (κ3) is 3.62. The summed E-state index contributed by atoms with van der Waals surface area (Å²) >= 11 is 6.64. The smallest absolute Gasteiger partial charge is 0.290 e. The standard InChI is InChI=1S/C20H13Br2FN2O3/c21-12-3-6-15-14(9-12)19(11-1-4-13(23)5-2-11)25(10-18(26)24-15)20(27)16-7-8-17(22)28-16/h1-9,19H,10H2,(H,24,26)/t19-/m1/s1. The van der Waals surface area contributed by atoms with Gasteiger partial charge >= 0.3 is 0 Å². The molecule has 0 fully saturated rings. The summed E-state index contributed by atoms with van der Waals surface area (Å²) in [4.78, 5) is 27.1.